The van der Waals surface area contributed by atoms with Gasteiger partial charge in [-0.05, 0) is 31.9 Å². The van der Waals surface area contributed by atoms with Crippen molar-refractivity contribution in [3.05, 3.63) is 72.7 Å². The molecule has 1 heterocycles. The lowest BCUT2D eigenvalue weighted by atomic mass is 9.88. The minimum atomic E-state index is -1.24. The van der Waals surface area contributed by atoms with Gasteiger partial charge in [0.05, 0.1) is 11.6 Å². The van der Waals surface area contributed by atoms with Gasteiger partial charge in [0.2, 0.25) is 0 Å². The summed E-state index contributed by atoms with van der Waals surface area (Å²) >= 11 is 0. The number of nitrogens with zero attached hydrogens (tertiary/aromatic N) is 1. The molecule has 2 rings (SSSR count). The van der Waals surface area contributed by atoms with E-state index in [0.717, 1.165) is 12.1 Å². The third kappa shape index (κ3) is 5.04. The summed E-state index contributed by atoms with van der Waals surface area (Å²) < 4.78 is 37.2. The number of carbonyl (C=O) groups excluding carboxylic acids is 1. The van der Waals surface area contributed by atoms with Crippen molar-refractivity contribution in [1.82, 2.24) is 10.5 Å². The van der Waals surface area contributed by atoms with Gasteiger partial charge in [-0.15, -0.1) is 13.2 Å². The van der Waals surface area contributed by atoms with E-state index in [0.29, 0.717) is 0 Å². The molecule has 1 aromatic heterocycles. The first-order valence-corrected chi connectivity index (χ1v) is 8.58. The average molecular weight is 392 g/mol. The zero-order valence-electron chi connectivity index (χ0n) is 15.5. The van der Waals surface area contributed by atoms with Gasteiger partial charge in [-0.25, -0.2) is 8.78 Å². The lowest BCUT2D eigenvalue weighted by Crippen LogP contribution is -2.50. The van der Waals surface area contributed by atoms with Gasteiger partial charge in [-0.3, -0.25) is 4.79 Å². The normalized spacial score (nSPS) is 12.3. The molecule has 1 unspecified atom stereocenters. The van der Waals surface area contributed by atoms with Crippen molar-refractivity contribution in [2.75, 3.05) is 0 Å². The quantitative estimate of drug-likeness (QED) is 0.604. The van der Waals surface area contributed by atoms with Crippen LogP contribution in [0.4, 0.5) is 8.78 Å². The second kappa shape index (κ2) is 9.27. The Bertz CT molecular complexity index is 820. The Balaban J connectivity index is 2.01. The molecule has 6 nitrogen and oxygen atoms in total. The Kier molecular flexibility index (Phi) is 7.06. The second-order valence-electron chi connectivity index (χ2n) is 6.30. The topological polar surface area (TPSA) is 84.6 Å². The average Bonchev–Trinajstić information content (AvgIpc) is 3.11. The third-order valence-electron chi connectivity index (χ3n) is 4.22. The Morgan fingerprint density at radius 1 is 1.36 bits per heavy atom. The second-order valence-corrected chi connectivity index (χ2v) is 6.30. The lowest BCUT2D eigenvalue weighted by Gasteiger charge is -2.32. The molecule has 8 heteroatoms. The first-order valence-electron chi connectivity index (χ1n) is 8.58. The van der Waals surface area contributed by atoms with Crippen LogP contribution in [-0.2, 0) is 6.61 Å². The number of ether oxygens (including phenoxy) is 1. The number of carbonyl (C=O) groups is 1. The summed E-state index contributed by atoms with van der Waals surface area (Å²) in [6, 6.07) is 4.01. The Morgan fingerprint density at radius 2 is 1.96 bits per heavy atom. The van der Waals surface area contributed by atoms with Gasteiger partial charge in [-0.1, -0.05) is 23.4 Å². The van der Waals surface area contributed by atoms with Crippen molar-refractivity contribution < 1.29 is 27.9 Å². The van der Waals surface area contributed by atoms with Crippen LogP contribution in [0.2, 0.25) is 0 Å². The van der Waals surface area contributed by atoms with E-state index in [1.807, 2.05) is 0 Å². The fraction of sp³-hybridized carbons (Fsp3) is 0.300. The smallest absolute Gasteiger partial charge is 0.273 e. The van der Waals surface area contributed by atoms with E-state index >= 15 is 0 Å². The fourth-order valence-electron chi connectivity index (χ4n) is 2.59. The van der Waals surface area contributed by atoms with E-state index in [1.54, 1.807) is 19.1 Å². The van der Waals surface area contributed by atoms with Crippen molar-refractivity contribution in [3.63, 3.8) is 0 Å². The number of nitrogens with one attached hydrogen (secondary N) is 1. The van der Waals surface area contributed by atoms with Crippen LogP contribution in [0.15, 0.2) is 54.1 Å². The molecule has 1 atom stereocenters. The first-order chi connectivity index (χ1) is 13.3. The van der Waals surface area contributed by atoms with Crippen LogP contribution in [0.25, 0.3) is 0 Å². The molecule has 0 aliphatic rings. The minimum absolute atomic E-state index is 0.0565. The summed E-state index contributed by atoms with van der Waals surface area (Å²) in [5, 5.41) is 16.9. The molecule has 150 valence electrons. The molecule has 0 spiro atoms. The highest BCUT2D eigenvalue weighted by Gasteiger charge is 2.33. The van der Waals surface area contributed by atoms with Crippen molar-refractivity contribution in [1.29, 1.82) is 0 Å². The van der Waals surface area contributed by atoms with Gasteiger partial charge in [0.25, 0.3) is 5.91 Å². The first kappa shape index (κ1) is 21.3. The standard InChI is InChI=1S/C20H22F2N2O4/c1-4-9-20(26,10-5-2)13(3)23-19(25)17-11-14(28-24-17)12-27-18-15(21)7-6-8-16(18)22/h4-8,11,13,26H,1-2,9-10,12H2,3H3,(H,23,25). The molecular weight excluding hydrogens is 370 g/mol. The molecule has 2 aromatic rings. The van der Waals surface area contributed by atoms with Crippen molar-refractivity contribution in [3.8, 4) is 5.75 Å². The minimum Gasteiger partial charge on any atom is -0.479 e. The van der Waals surface area contributed by atoms with Crippen LogP contribution in [0.5, 0.6) is 5.75 Å². The molecule has 0 saturated heterocycles. The van der Waals surface area contributed by atoms with Gasteiger partial charge in [0.15, 0.2) is 28.8 Å². The van der Waals surface area contributed by atoms with E-state index in [2.05, 4.69) is 23.6 Å². The molecular formula is C20H22F2N2O4. The third-order valence-corrected chi connectivity index (χ3v) is 4.22. The van der Waals surface area contributed by atoms with Crippen molar-refractivity contribution in [2.45, 2.75) is 38.0 Å². The summed E-state index contributed by atoms with van der Waals surface area (Å²) in [6.45, 7) is 8.55. The van der Waals surface area contributed by atoms with E-state index in [-0.39, 0.29) is 30.9 Å². The van der Waals surface area contributed by atoms with E-state index in [1.165, 1.54) is 12.1 Å². The highest BCUT2D eigenvalue weighted by Crippen LogP contribution is 2.23. The van der Waals surface area contributed by atoms with Crippen LogP contribution in [-0.4, -0.2) is 27.8 Å². The monoisotopic (exact) mass is 392 g/mol. The van der Waals surface area contributed by atoms with Gasteiger partial charge < -0.3 is 19.7 Å². The number of hydrogen-bond acceptors (Lipinski definition) is 5. The summed E-state index contributed by atoms with van der Waals surface area (Å²) in [7, 11) is 0. The van der Waals surface area contributed by atoms with E-state index in [9.17, 15) is 18.7 Å². The maximum absolute atomic E-state index is 13.6. The zero-order valence-corrected chi connectivity index (χ0v) is 15.5. The predicted octanol–water partition coefficient (Wildman–Crippen LogP) is 3.53. The van der Waals surface area contributed by atoms with Crippen LogP contribution >= 0.6 is 0 Å². The molecule has 28 heavy (non-hydrogen) atoms. The van der Waals surface area contributed by atoms with Crippen LogP contribution in [0.1, 0.15) is 36.0 Å². The number of rotatable bonds is 10. The fourth-order valence-corrected chi connectivity index (χ4v) is 2.59. The largest absolute Gasteiger partial charge is 0.479 e. The van der Waals surface area contributed by atoms with Crippen LogP contribution in [0.3, 0.4) is 0 Å². The molecule has 0 radical (unpaired) electrons. The van der Waals surface area contributed by atoms with Crippen molar-refractivity contribution in [2.24, 2.45) is 0 Å². The summed E-state index contributed by atoms with van der Waals surface area (Å²) in [6.07, 6.45) is 3.62. The highest BCUT2D eigenvalue weighted by molar-refractivity contribution is 5.92. The molecule has 0 saturated carbocycles. The van der Waals surface area contributed by atoms with Crippen LogP contribution < -0.4 is 10.1 Å². The van der Waals surface area contributed by atoms with E-state index in [4.69, 9.17) is 9.26 Å². The molecule has 1 amide bonds. The molecule has 0 fully saturated rings. The van der Waals surface area contributed by atoms with Gasteiger partial charge in [0, 0.05) is 6.07 Å². The van der Waals surface area contributed by atoms with Gasteiger partial charge in [0.1, 0.15) is 6.61 Å². The summed E-state index contributed by atoms with van der Waals surface area (Å²) in [5.41, 5.74) is -1.30. The number of benzene rings is 1. The number of aliphatic hydroxyl groups is 1. The Hall–Kier alpha value is -3.00. The molecule has 0 aliphatic heterocycles. The van der Waals surface area contributed by atoms with Gasteiger partial charge >= 0.3 is 0 Å². The number of aromatic nitrogens is 1. The Morgan fingerprint density at radius 3 is 2.54 bits per heavy atom. The number of halogens is 2. The molecule has 1 aromatic carbocycles. The van der Waals surface area contributed by atoms with E-state index < -0.39 is 34.9 Å². The zero-order chi connectivity index (χ0) is 20.7. The predicted molar refractivity (Wildman–Crippen MR) is 98.7 cm³/mol. The summed E-state index contributed by atoms with van der Waals surface area (Å²) in [5.74, 6) is -2.72. The van der Waals surface area contributed by atoms with Crippen LogP contribution in [0, 0.1) is 11.6 Å². The lowest BCUT2D eigenvalue weighted by molar-refractivity contribution is 0.0126. The molecule has 0 aliphatic carbocycles. The molecule has 0 bridgehead atoms. The maximum atomic E-state index is 13.6. The molecule has 2 N–H and O–H groups in total. The number of hydrogen-bond donors (Lipinski definition) is 2. The number of para-hydroxylation sites is 1. The summed E-state index contributed by atoms with van der Waals surface area (Å²) in [4.78, 5) is 12.3. The number of amides is 1. The van der Waals surface area contributed by atoms with Crippen molar-refractivity contribution >= 4 is 5.91 Å². The SMILES string of the molecule is C=CCC(O)(CC=C)C(C)NC(=O)c1cc(COc2c(F)cccc2F)on1. The maximum Gasteiger partial charge on any atom is 0.273 e. The highest BCUT2D eigenvalue weighted by atomic mass is 19.1. The van der Waals surface area contributed by atoms with Gasteiger partial charge in [-0.2, -0.15) is 0 Å². The Labute approximate surface area is 161 Å².